The van der Waals surface area contributed by atoms with Crippen LogP contribution in [0.3, 0.4) is 0 Å². The predicted molar refractivity (Wildman–Crippen MR) is 81.1 cm³/mol. The zero-order valence-electron chi connectivity index (χ0n) is 12.0. The van der Waals surface area contributed by atoms with Gasteiger partial charge in [-0.05, 0) is 42.3 Å². The molecule has 0 fully saturated rings. The smallest absolute Gasteiger partial charge is 0.219 e. The highest BCUT2D eigenvalue weighted by Gasteiger charge is 2.08. The van der Waals surface area contributed by atoms with Crippen LogP contribution >= 0.6 is 0 Å². The molecule has 0 unspecified atom stereocenters. The summed E-state index contributed by atoms with van der Waals surface area (Å²) in [7, 11) is -3.20. The molecule has 2 aromatic rings. The Labute approximate surface area is 124 Å². The van der Waals surface area contributed by atoms with Gasteiger partial charge in [-0.1, -0.05) is 6.92 Å². The summed E-state index contributed by atoms with van der Waals surface area (Å²) in [5, 5.41) is 0. The van der Waals surface area contributed by atoms with Gasteiger partial charge in [0.25, 0.3) is 0 Å². The van der Waals surface area contributed by atoms with Crippen molar-refractivity contribution >= 4 is 9.84 Å². The Morgan fingerprint density at radius 2 is 1.86 bits per heavy atom. The van der Waals surface area contributed by atoms with Crippen LogP contribution in [0.1, 0.15) is 18.2 Å². The maximum atomic E-state index is 11.4. The van der Waals surface area contributed by atoms with Crippen LogP contribution in [0.25, 0.3) is 0 Å². The molecule has 0 amide bonds. The van der Waals surface area contributed by atoms with Crippen molar-refractivity contribution in [2.45, 2.75) is 24.8 Å². The molecule has 1 aromatic heterocycles. The molecule has 0 bridgehead atoms. The highest BCUT2D eigenvalue weighted by Crippen LogP contribution is 2.23. The van der Waals surface area contributed by atoms with Gasteiger partial charge in [0.2, 0.25) is 5.88 Å². The molecule has 1 aromatic carbocycles. The quantitative estimate of drug-likeness (QED) is 0.916. The molecule has 1 heterocycles. The number of pyridine rings is 1. The van der Waals surface area contributed by atoms with Crippen LogP contribution < -0.4 is 10.5 Å². The highest BCUT2D eigenvalue weighted by atomic mass is 32.2. The van der Waals surface area contributed by atoms with Crippen LogP contribution in [0.5, 0.6) is 11.6 Å². The molecule has 0 radical (unpaired) electrons. The molecule has 21 heavy (non-hydrogen) atoms. The topological polar surface area (TPSA) is 82.3 Å². The van der Waals surface area contributed by atoms with Gasteiger partial charge in [0.15, 0.2) is 9.84 Å². The van der Waals surface area contributed by atoms with Crippen molar-refractivity contribution < 1.29 is 13.2 Å². The largest absolute Gasteiger partial charge is 0.439 e. The van der Waals surface area contributed by atoms with Crippen LogP contribution in [0.2, 0.25) is 0 Å². The number of nitrogens with two attached hydrogens (primary N) is 1. The molecule has 0 saturated heterocycles. The third kappa shape index (κ3) is 4.03. The van der Waals surface area contributed by atoms with Crippen LogP contribution in [0, 0.1) is 0 Å². The van der Waals surface area contributed by atoms with Crippen molar-refractivity contribution in [3.8, 4) is 11.6 Å². The number of sulfone groups is 1. The van der Waals surface area contributed by atoms with E-state index >= 15 is 0 Å². The maximum Gasteiger partial charge on any atom is 0.219 e. The Morgan fingerprint density at radius 3 is 2.38 bits per heavy atom. The summed E-state index contributed by atoms with van der Waals surface area (Å²) >= 11 is 0. The Bertz CT molecular complexity index is 703. The number of benzene rings is 1. The van der Waals surface area contributed by atoms with Crippen LogP contribution in [0.15, 0.2) is 41.3 Å². The second-order valence-corrected chi connectivity index (χ2v) is 6.72. The Balaban J connectivity index is 2.25. The number of hydrogen-bond donors (Lipinski definition) is 1. The Hall–Kier alpha value is -1.92. The van der Waals surface area contributed by atoms with Gasteiger partial charge in [0, 0.05) is 24.6 Å². The van der Waals surface area contributed by atoms with Crippen molar-refractivity contribution in [1.29, 1.82) is 0 Å². The number of ether oxygens (including phenoxy) is 1. The molecule has 2 rings (SSSR count). The number of nitrogens with zero attached hydrogens (tertiary/aromatic N) is 1. The summed E-state index contributed by atoms with van der Waals surface area (Å²) in [5.74, 6) is 0.994. The van der Waals surface area contributed by atoms with Crippen LogP contribution in [0.4, 0.5) is 0 Å². The average Bonchev–Trinajstić information content (AvgIpc) is 2.46. The van der Waals surface area contributed by atoms with Gasteiger partial charge in [-0.15, -0.1) is 0 Å². The summed E-state index contributed by atoms with van der Waals surface area (Å²) in [5.41, 5.74) is 7.51. The van der Waals surface area contributed by atoms with Gasteiger partial charge in [-0.2, -0.15) is 0 Å². The summed E-state index contributed by atoms with van der Waals surface area (Å²) in [6.45, 7) is 2.42. The van der Waals surface area contributed by atoms with E-state index in [4.69, 9.17) is 10.5 Å². The highest BCUT2D eigenvalue weighted by molar-refractivity contribution is 7.90. The second-order valence-electron chi connectivity index (χ2n) is 4.71. The molecule has 0 spiro atoms. The number of aryl methyl sites for hydroxylation is 1. The third-order valence-corrected chi connectivity index (χ3v) is 4.12. The first kappa shape index (κ1) is 15.5. The molecule has 112 valence electrons. The lowest BCUT2D eigenvalue weighted by Crippen LogP contribution is -2.01. The second kappa shape index (κ2) is 6.24. The van der Waals surface area contributed by atoms with Gasteiger partial charge in [-0.25, -0.2) is 13.4 Å². The third-order valence-electron chi connectivity index (χ3n) is 2.99. The minimum atomic E-state index is -3.20. The van der Waals surface area contributed by atoms with Crippen molar-refractivity contribution in [2.75, 3.05) is 6.26 Å². The molecule has 5 nitrogen and oxygen atoms in total. The molecular formula is C15H18N2O3S. The van der Waals surface area contributed by atoms with Gasteiger partial charge in [0.1, 0.15) is 5.75 Å². The standard InChI is InChI=1S/C15H18N2O3S/c1-3-12-8-11(10-16)9-15(17-12)20-13-4-6-14(7-5-13)21(2,18)19/h4-9H,3,10,16H2,1-2H3. The van der Waals surface area contributed by atoms with Gasteiger partial charge in [0.05, 0.1) is 4.90 Å². The van der Waals surface area contributed by atoms with E-state index in [1.54, 1.807) is 18.2 Å². The SMILES string of the molecule is CCc1cc(CN)cc(Oc2ccc(S(C)(=O)=O)cc2)n1. The molecule has 0 aliphatic heterocycles. The van der Waals surface area contributed by atoms with Crippen LogP contribution in [-0.4, -0.2) is 19.7 Å². The zero-order chi connectivity index (χ0) is 15.5. The summed E-state index contributed by atoms with van der Waals surface area (Å²) in [6, 6.07) is 9.97. The van der Waals surface area contributed by atoms with E-state index in [-0.39, 0.29) is 4.90 Å². The van der Waals surface area contributed by atoms with E-state index in [0.717, 1.165) is 17.7 Å². The number of hydrogen-bond acceptors (Lipinski definition) is 5. The lowest BCUT2D eigenvalue weighted by Gasteiger charge is -2.09. The van der Waals surface area contributed by atoms with Gasteiger partial charge in [-0.3, -0.25) is 0 Å². The van der Waals surface area contributed by atoms with E-state index in [0.29, 0.717) is 18.2 Å². The first-order valence-corrected chi connectivity index (χ1v) is 8.49. The van der Waals surface area contributed by atoms with Crippen molar-refractivity contribution in [2.24, 2.45) is 5.73 Å². The Kier molecular flexibility index (Phi) is 4.59. The van der Waals surface area contributed by atoms with E-state index in [1.165, 1.54) is 18.4 Å². The minimum absolute atomic E-state index is 0.257. The van der Waals surface area contributed by atoms with E-state index in [2.05, 4.69) is 4.98 Å². The van der Waals surface area contributed by atoms with Gasteiger partial charge < -0.3 is 10.5 Å². The molecule has 0 aliphatic rings. The predicted octanol–water partition coefficient (Wildman–Crippen LogP) is 2.30. The molecule has 6 heteroatoms. The van der Waals surface area contributed by atoms with E-state index < -0.39 is 9.84 Å². The summed E-state index contributed by atoms with van der Waals surface area (Å²) in [6.07, 6.45) is 1.96. The van der Waals surface area contributed by atoms with E-state index in [9.17, 15) is 8.42 Å². The summed E-state index contributed by atoms with van der Waals surface area (Å²) in [4.78, 5) is 4.63. The van der Waals surface area contributed by atoms with Crippen molar-refractivity contribution in [3.05, 3.63) is 47.7 Å². The van der Waals surface area contributed by atoms with Crippen LogP contribution in [-0.2, 0) is 22.8 Å². The zero-order valence-corrected chi connectivity index (χ0v) is 12.9. The molecule has 0 atom stereocenters. The van der Waals surface area contributed by atoms with E-state index in [1.807, 2.05) is 13.0 Å². The number of aromatic nitrogens is 1. The lowest BCUT2D eigenvalue weighted by molar-refractivity contribution is 0.459. The lowest BCUT2D eigenvalue weighted by atomic mass is 10.2. The number of rotatable bonds is 5. The fourth-order valence-electron chi connectivity index (χ4n) is 1.85. The molecule has 0 saturated carbocycles. The molecule has 2 N–H and O–H groups in total. The fourth-order valence-corrected chi connectivity index (χ4v) is 2.48. The molecular weight excluding hydrogens is 288 g/mol. The fraction of sp³-hybridized carbons (Fsp3) is 0.267. The monoisotopic (exact) mass is 306 g/mol. The average molecular weight is 306 g/mol. The first-order chi connectivity index (χ1) is 9.92. The maximum absolute atomic E-state index is 11.4. The Morgan fingerprint density at radius 1 is 1.19 bits per heavy atom. The van der Waals surface area contributed by atoms with Crippen molar-refractivity contribution in [1.82, 2.24) is 4.98 Å². The normalized spacial score (nSPS) is 11.4. The van der Waals surface area contributed by atoms with Gasteiger partial charge >= 0.3 is 0 Å². The minimum Gasteiger partial charge on any atom is -0.439 e. The van der Waals surface area contributed by atoms with Crippen molar-refractivity contribution in [3.63, 3.8) is 0 Å². The molecule has 0 aliphatic carbocycles. The first-order valence-electron chi connectivity index (χ1n) is 6.60. The summed E-state index contributed by atoms with van der Waals surface area (Å²) < 4.78 is 28.5.